The maximum atomic E-state index is 15.9. The number of carbonyl (C=O) groups excluding carboxylic acids is 2. The van der Waals surface area contributed by atoms with E-state index in [4.69, 9.17) is 9.47 Å². The van der Waals surface area contributed by atoms with Crippen LogP contribution >= 0.6 is 0 Å². The van der Waals surface area contributed by atoms with Gasteiger partial charge in [-0.05, 0) is 60.4 Å². The molecule has 0 heterocycles. The van der Waals surface area contributed by atoms with Crippen molar-refractivity contribution < 1.29 is 58.6 Å². The molecule has 0 aliphatic carbocycles. The Bertz CT molecular complexity index is 1540. The molecule has 0 saturated carbocycles. The van der Waals surface area contributed by atoms with E-state index in [1.54, 1.807) is 18.2 Å². The highest BCUT2D eigenvalue weighted by Crippen LogP contribution is 2.58. The van der Waals surface area contributed by atoms with Gasteiger partial charge in [0.25, 0.3) is 0 Å². The second kappa shape index (κ2) is 13.6. The molecule has 0 unspecified atom stereocenters. The second-order valence-electron chi connectivity index (χ2n) is 9.35. The number of esters is 2. The number of hydrogen-bond acceptors (Lipinski definition) is 4. The molecule has 0 fully saturated rings. The summed E-state index contributed by atoms with van der Waals surface area (Å²) in [6.45, 7) is 2.88. The standard InChI is InChI=1S/C32H25F9O4/c1-3-44-27(42)23-15-11-21(12-16-23)25(19-10-20-8-6-5-7-9-20)26(22-13-17-24(18-14-22)28(43)45-4-2)29(33,34)30(35,36)31(37,38)32(39,40)41/h5-19H,3-4H2,1-2H3/b19-10+,26-25-. The van der Waals surface area contributed by atoms with Crippen LogP contribution in [0, 0.1) is 0 Å². The molecule has 13 heteroatoms. The van der Waals surface area contributed by atoms with E-state index in [1.807, 2.05) is 0 Å². The number of benzene rings is 3. The van der Waals surface area contributed by atoms with Crippen LogP contribution in [0.2, 0.25) is 0 Å². The Balaban J connectivity index is 2.43. The monoisotopic (exact) mass is 644 g/mol. The van der Waals surface area contributed by atoms with Crippen molar-refractivity contribution in [3.63, 3.8) is 0 Å². The first-order valence-electron chi connectivity index (χ1n) is 13.2. The molecule has 0 spiro atoms. The van der Waals surface area contributed by atoms with E-state index in [-0.39, 0.29) is 29.9 Å². The van der Waals surface area contributed by atoms with Gasteiger partial charge in [-0.25, -0.2) is 9.59 Å². The lowest BCUT2D eigenvalue weighted by Gasteiger charge is -2.36. The second-order valence-corrected chi connectivity index (χ2v) is 9.35. The average Bonchev–Trinajstić information content (AvgIpc) is 2.99. The molecule has 3 aromatic rings. The summed E-state index contributed by atoms with van der Waals surface area (Å²) in [4.78, 5) is 24.2. The third kappa shape index (κ3) is 7.23. The highest BCUT2D eigenvalue weighted by Gasteiger charge is 2.82. The Morgan fingerprint density at radius 1 is 0.600 bits per heavy atom. The Morgan fingerprint density at radius 2 is 1.02 bits per heavy atom. The molecule has 45 heavy (non-hydrogen) atoms. The summed E-state index contributed by atoms with van der Waals surface area (Å²) in [5, 5.41) is 0. The van der Waals surface area contributed by atoms with E-state index in [2.05, 4.69) is 0 Å². The van der Waals surface area contributed by atoms with Gasteiger partial charge in [0.05, 0.1) is 24.3 Å². The van der Waals surface area contributed by atoms with E-state index in [9.17, 15) is 40.3 Å². The molecule has 0 aliphatic rings. The van der Waals surface area contributed by atoms with Gasteiger partial charge in [-0.2, -0.15) is 39.5 Å². The van der Waals surface area contributed by atoms with Gasteiger partial charge in [0.2, 0.25) is 0 Å². The lowest BCUT2D eigenvalue weighted by Crippen LogP contribution is -2.61. The summed E-state index contributed by atoms with van der Waals surface area (Å²) in [5.74, 6) is -22.1. The molecule has 0 atom stereocenters. The van der Waals surface area contributed by atoms with Crippen LogP contribution < -0.4 is 0 Å². The Hall–Kier alpha value is -4.55. The van der Waals surface area contributed by atoms with Gasteiger partial charge < -0.3 is 9.47 Å². The summed E-state index contributed by atoms with van der Waals surface area (Å²) in [7, 11) is 0. The Labute approximate surface area is 251 Å². The van der Waals surface area contributed by atoms with E-state index in [1.165, 1.54) is 26.0 Å². The zero-order valence-corrected chi connectivity index (χ0v) is 23.6. The van der Waals surface area contributed by atoms with Crippen molar-refractivity contribution >= 4 is 29.2 Å². The fraction of sp³-hybridized carbons (Fsp3) is 0.250. The van der Waals surface area contributed by atoms with Crippen LogP contribution in [0.5, 0.6) is 0 Å². The number of ether oxygens (including phenoxy) is 2. The van der Waals surface area contributed by atoms with Crippen molar-refractivity contribution in [2.45, 2.75) is 37.8 Å². The average molecular weight is 645 g/mol. The van der Waals surface area contributed by atoms with Crippen LogP contribution in [0.3, 0.4) is 0 Å². The molecule has 4 nitrogen and oxygen atoms in total. The van der Waals surface area contributed by atoms with Gasteiger partial charge >= 0.3 is 35.9 Å². The normalized spacial score (nSPS) is 13.4. The van der Waals surface area contributed by atoms with Gasteiger partial charge in [-0.15, -0.1) is 0 Å². The highest BCUT2D eigenvalue weighted by molar-refractivity contribution is 6.01. The topological polar surface area (TPSA) is 52.6 Å². The molecule has 0 aliphatic heterocycles. The van der Waals surface area contributed by atoms with Crippen molar-refractivity contribution in [3.8, 4) is 0 Å². The molecule has 0 radical (unpaired) electrons. The van der Waals surface area contributed by atoms with Crippen molar-refractivity contribution in [2.24, 2.45) is 0 Å². The minimum absolute atomic E-state index is 0.0216. The fourth-order valence-electron chi connectivity index (χ4n) is 4.09. The minimum Gasteiger partial charge on any atom is -0.462 e. The van der Waals surface area contributed by atoms with E-state index < -0.39 is 52.6 Å². The van der Waals surface area contributed by atoms with Gasteiger partial charge in [0.15, 0.2) is 0 Å². The van der Waals surface area contributed by atoms with Crippen LogP contribution in [0.15, 0.2) is 84.9 Å². The Morgan fingerprint density at radius 3 is 1.44 bits per heavy atom. The van der Waals surface area contributed by atoms with Gasteiger partial charge in [0, 0.05) is 5.57 Å². The van der Waals surface area contributed by atoms with Crippen LogP contribution in [-0.4, -0.2) is 49.1 Å². The van der Waals surface area contributed by atoms with Crippen LogP contribution in [0.4, 0.5) is 39.5 Å². The molecule has 0 N–H and O–H groups in total. The summed E-state index contributed by atoms with van der Waals surface area (Å²) in [6.07, 6.45) is -5.06. The van der Waals surface area contributed by atoms with Crippen molar-refractivity contribution in [1.29, 1.82) is 0 Å². The maximum Gasteiger partial charge on any atom is 0.460 e. The predicted octanol–water partition coefficient (Wildman–Crippen LogP) is 9.13. The Kier molecular flexibility index (Phi) is 10.6. The minimum atomic E-state index is -7.18. The smallest absolute Gasteiger partial charge is 0.460 e. The SMILES string of the molecule is CCOC(=O)c1ccc(C(/C=C/c2ccccc2)=C(/c2ccc(C(=O)OCC)cc2)C(F)(F)C(F)(F)C(F)(F)C(F)(F)F)cc1. The third-order valence-corrected chi connectivity index (χ3v) is 6.36. The van der Waals surface area contributed by atoms with E-state index in [0.717, 1.165) is 48.6 Å². The van der Waals surface area contributed by atoms with Crippen molar-refractivity contribution in [3.05, 3.63) is 113 Å². The summed E-state index contributed by atoms with van der Waals surface area (Å²) >= 11 is 0. The predicted molar refractivity (Wildman–Crippen MR) is 148 cm³/mol. The number of halogens is 9. The quantitative estimate of drug-likeness (QED) is 0.0905. The molecule has 240 valence electrons. The lowest BCUT2D eigenvalue weighted by atomic mass is 9.85. The molecule has 3 rings (SSSR count). The highest BCUT2D eigenvalue weighted by atomic mass is 19.4. The number of hydrogen-bond donors (Lipinski definition) is 0. The van der Waals surface area contributed by atoms with E-state index >= 15 is 8.78 Å². The number of allylic oxidation sites excluding steroid dienone is 3. The van der Waals surface area contributed by atoms with Crippen LogP contribution in [0.1, 0.15) is 51.3 Å². The molecule has 0 amide bonds. The van der Waals surface area contributed by atoms with Gasteiger partial charge in [-0.3, -0.25) is 0 Å². The molecule has 3 aromatic carbocycles. The first kappa shape index (κ1) is 34.9. The molecular weight excluding hydrogens is 619 g/mol. The first-order chi connectivity index (χ1) is 21.0. The molecular formula is C32H25F9O4. The molecule has 0 bridgehead atoms. The van der Waals surface area contributed by atoms with Crippen molar-refractivity contribution in [1.82, 2.24) is 0 Å². The number of carbonyl (C=O) groups is 2. The molecule has 0 saturated heterocycles. The summed E-state index contributed by atoms with van der Waals surface area (Å²) < 4.78 is 139. The number of rotatable bonds is 11. The largest absolute Gasteiger partial charge is 0.462 e. The fourth-order valence-corrected chi connectivity index (χ4v) is 4.09. The summed E-state index contributed by atoms with van der Waals surface area (Å²) in [5.41, 5.74) is -4.07. The van der Waals surface area contributed by atoms with Crippen LogP contribution in [-0.2, 0) is 9.47 Å². The van der Waals surface area contributed by atoms with Gasteiger partial charge in [-0.1, -0.05) is 66.7 Å². The first-order valence-corrected chi connectivity index (χ1v) is 13.2. The van der Waals surface area contributed by atoms with Gasteiger partial charge in [0.1, 0.15) is 0 Å². The van der Waals surface area contributed by atoms with E-state index in [0.29, 0.717) is 17.7 Å². The molecule has 0 aromatic heterocycles. The zero-order valence-electron chi connectivity index (χ0n) is 23.6. The summed E-state index contributed by atoms with van der Waals surface area (Å²) in [6, 6.07) is 15.0. The van der Waals surface area contributed by atoms with Crippen LogP contribution in [0.25, 0.3) is 17.2 Å². The number of alkyl halides is 9. The lowest BCUT2D eigenvalue weighted by molar-refractivity contribution is -0.386. The third-order valence-electron chi connectivity index (χ3n) is 6.36. The zero-order chi connectivity index (χ0) is 33.6. The maximum absolute atomic E-state index is 15.9. The van der Waals surface area contributed by atoms with Crippen molar-refractivity contribution in [2.75, 3.05) is 13.2 Å².